The van der Waals surface area contributed by atoms with Gasteiger partial charge in [-0.25, -0.2) is 18.2 Å². The summed E-state index contributed by atoms with van der Waals surface area (Å²) in [5.41, 5.74) is 0.804. The van der Waals surface area contributed by atoms with Crippen molar-refractivity contribution in [3.8, 4) is 5.88 Å². The molecule has 9 heteroatoms. The van der Waals surface area contributed by atoms with Gasteiger partial charge in [0.15, 0.2) is 0 Å². The van der Waals surface area contributed by atoms with Gasteiger partial charge in [-0.1, -0.05) is 12.1 Å². The van der Waals surface area contributed by atoms with Gasteiger partial charge in [0, 0.05) is 5.54 Å². The van der Waals surface area contributed by atoms with Crippen molar-refractivity contribution < 1.29 is 23.1 Å². The first-order valence-electron chi connectivity index (χ1n) is 10.3. The van der Waals surface area contributed by atoms with E-state index in [0.717, 1.165) is 23.3 Å². The average Bonchev–Trinajstić information content (AvgIpc) is 3.51. The molecule has 0 unspecified atom stereocenters. The van der Waals surface area contributed by atoms with Gasteiger partial charge in [0.05, 0.1) is 23.3 Å². The summed E-state index contributed by atoms with van der Waals surface area (Å²) >= 11 is 0. The maximum Gasteiger partial charge on any atom is 0.412 e. The topological polar surface area (TPSA) is 100 Å². The fourth-order valence-electron chi connectivity index (χ4n) is 3.87. The lowest BCUT2D eigenvalue weighted by Gasteiger charge is -2.36. The summed E-state index contributed by atoms with van der Waals surface area (Å²) < 4.78 is 34.3. The summed E-state index contributed by atoms with van der Waals surface area (Å²) in [7, 11) is -3.89. The van der Waals surface area contributed by atoms with Crippen LogP contribution in [0.5, 0.6) is 5.88 Å². The largest absolute Gasteiger partial charge is 0.471 e. The average molecular weight is 446 g/mol. The van der Waals surface area contributed by atoms with Gasteiger partial charge < -0.3 is 9.84 Å². The normalized spacial score (nSPS) is 18.8. The van der Waals surface area contributed by atoms with Gasteiger partial charge >= 0.3 is 6.09 Å². The van der Waals surface area contributed by atoms with Gasteiger partial charge in [0.1, 0.15) is 11.8 Å². The molecule has 2 aromatic rings. The van der Waals surface area contributed by atoms with Crippen LogP contribution in [0.3, 0.4) is 0 Å². The number of anilines is 2. The highest BCUT2D eigenvalue weighted by Gasteiger charge is 2.37. The van der Waals surface area contributed by atoms with Crippen LogP contribution in [0.1, 0.15) is 52.0 Å². The number of nitrogens with zero attached hydrogens (tertiary/aromatic N) is 3. The third-order valence-corrected chi connectivity index (χ3v) is 7.21. The highest BCUT2D eigenvalue weighted by atomic mass is 32.2. The SMILES string of the molecule is C[C@H]1CN(S(=O)(=O)c2cccc(C3CC3)c2)c2cc(N(C(=O)O)C(C)(C)C)cnc2O1. The molecule has 1 fully saturated rings. The lowest BCUT2D eigenvalue weighted by atomic mass is 10.1. The molecule has 1 aliphatic heterocycles. The Morgan fingerprint density at radius 1 is 1.26 bits per heavy atom. The first-order chi connectivity index (χ1) is 14.5. The Labute approximate surface area is 182 Å². The van der Waals surface area contributed by atoms with Crippen LogP contribution in [-0.2, 0) is 10.0 Å². The first kappa shape index (κ1) is 21.4. The van der Waals surface area contributed by atoms with Crippen molar-refractivity contribution >= 4 is 27.5 Å². The fourth-order valence-corrected chi connectivity index (χ4v) is 5.45. The second-order valence-corrected chi connectivity index (χ2v) is 11.0. The summed E-state index contributed by atoms with van der Waals surface area (Å²) in [6.07, 6.45) is 2.00. The van der Waals surface area contributed by atoms with Crippen LogP contribution < -0.4 is 13.9 Å². The number of hydrogen-bond acceptors (Lipinski definition) is 5. The van der Waals surface area contributed by atoms with E-state index in [1.807, 2.05) is 6.07 Å². The molecule has 0 radical (unpaired) electrons. The van der Waals surface area contributed by atoms with Gasteiger partial charge in [-0.3, -0.25) is 9.21 Å². The summed E-state index contributed by atoms with van der Waals surface area (Å²) in [4.78, 5) is 17.6. The molecule has 0 bridgehead atoms. The second kappa shape index (κ2) is 7.40. The van der Waals surface area contributed by atoms with Crippen molar-refractivity contribution in [1.29, 1.82) is 0 Å². The zero-order valence-corrected chi connectivity index (χ0v) is 18.9. The summed E-state index contributed by atoms with van der Waals surface area (Å²) in [6, 6.07) is 8.59. The smallest absolute Gasteiger partial charge is 0.412 e. The predicted octanol–water partition coefficient (Wildman–Crippen LogP) is 4.22. The monoisotopic (exact) mass is 445 g/mol. The van der Waals surface area contributed by atoms with Crippen LogP contribution in [0.2, 0.25) is 0 Å². The number of sulfonamides is 1. The van der Waals surface area contributed by atoms with Crippen molar-refractivity contribution in [1.82, 2.24) is 4.98 Å². The minimum Gasteiger partial charge on any atom is -0.471 e. The van der Waals surface area contributed by atoms with Crippen LogP contribution in [0.25, 0.3) is 0 Å². The standard InChI is InChI=1S/C22H27N3O5S/c1-14-13-24(31(28,29)18-7-5-6-16(10-18)15-8-9-15)19-11-17(12-23-20(19)30-14)25(21(26)27)22(2,3)4/h5-7,10-12,14-15H,8-9,13H2,1-4H3,(H,26,27)/t14-/m0/s1. The maximum atomic E-state index is 13.6. The Hall–Kier alpha value is -2.81. The third-order valence-electron chi connectivity index (χ3n) is 5.44. The molecule has 4 rings (SSSR count). The van der Waals surface area contributed by atoms with Gasteiger partial charge in [-0.15, -0.1) is 0 Å². The number of ether oxygens (including phenoxy) is 1. The molecule has 8 nitrogen and oxygen atoms in total. The summed E-state index contributed by atoms with van der Waals surface area (Å²) in [6.45, 7) is 7.17. The van der Waals surface area contributed by atoms with Gasteiger partial charge in [-0.2, -0.15) is 0 Å². The van der Waals surface area contributed by atoms with E-state index in [-0.39, 0.29) is 28.7 Å². The van der Waals surface area contributed by atoms with Crippen molar-refractivity contribution in [3.05, 3.63) is 42.1 Å². The number of aromatic nitrogens is 1. The zero-order chi connectivity index (χ0) is 22.6. The lowest BCUT2D eigenvalue weighted by Crippen LogP contribution is -2.46. The number of carboxylic acid groups (broad SMARTS) is 1. The van der Waals surface area contributed by atoms with E-state index in [0.29, 0.717) is 5.92 Å². The molecule has 0 spiro atoms. The first-order valence-corrected chi connectivity index (χ1v) is 11.7. The van der Waals surface area contributed by atoms with Gasteiger partial charge in [-0.05, 0) is 70.2 Å². The van der Waals surface area contributed by atoms with Crippen molar-refractivity contribution in [2.24, 2.45) is 0 Å². The molecule has 1 aromatic carbocycles. The van der Waals surface area contributed by atoms with Crippen LogP contribution in [0.4, 0.5) is 16.2 Å². The Balaban J connectivity index is 1.80. The third kappa shape index (κ3) is 4.06. The molecule has 0 saturated heterocycles. The predicted molar refractivity (Wildman–Crippen MR) is 118 cm³/mol. The molecule has 2 heterocycles. The Kier molecular flexibility index (Phi) is 5.12. The Morgan fingerprint density at radius 2 is 1.97 bits per heavy atom. The number of pyridine rings is 1. The molecule has 31 heavy (non-hydrogen) atoms. The fraction of sp³-hybridized carbons (Fsp3) is 0.455. The zero-order valence-electron chi connectivity index (χ0n) is 18.1. The van der Waals surface area contributed by atoms with E-state index in [9.17, 15) is 18.3 Å². The van der Waals surface area contributed by atoms with Crippen LogP contribution in [-0.4, -0.2) is 42.8 Å². The number of carbonyl (C=O) groups is 1. The van der Waals surface area contributed by atoms with Crippen molar-refractivity contribution in [3.63, 3.8) is 0 Å². The summed E-state index contributed by atoms with van der Waals surface area (Å²) in [5, 5.41) is 9.74. The molecular weight excluding hydrogens is 418 g/mol. The van der Waals surface area contributed by atoms with Crippen LogP contribution in [0, 0.1) is 0 Å². The highest BCUT2D eigenvalue weighted by Crippen LogP contribution is 2.42. The minimum absolute atomic E-state index is 0.108. The highest BCUT2D eigenvalue weighted by molar-refractivity contribution is 7.92. The van der Waals surface area contributed by atoms with Crippen molar-refractivity contribution in [2.45, 2.75) is 63.0 Å². The molecule has 1 amide bonds. The second-order valence-electron chi connectivity index (χ2n) is 9.12. The molecular formula is C22H27N3O5S. The van der Waals surface area contributed by atoms with Crippen LogP contribution >= 0.6 is 0 Å². The number of amides is 1. The number of benzene rings is 1. The Morgan fingerprint density at radius 3 is 2.58 bits per heavy atom. The molecule has 2 aliphatic rings. The van der Waals surface area contributed by atoms with E-state index in [4.69, 9.17) is 4.74 Å². The maximum absolute atomic E-state index is 13.6. The number of rotatable bonds is 4. The van der Waals surface area contributed by atoms with Gasteiger partial charge in [0.25, 0.3) is 10.0 Å². The quantitative estimate of drug-likeness (QED) is 0.756. The number of fused-ring (bicyclic) bond motifs is 1. The Bertz CT molecular complexity index is 1120. The molecule has 1 saturated carbocycles. The van der Waals surface area contributed by atoms with E-state index in [1.54, 1.807) is 45.9 Å². The van der Waals surface area contributed by atoms with E-state index < -0.39 is 27.8 Å². The van der Waals surface area contributed by atoms with Gasteiger partial charge in [0.2, 0.25) is 5.88 Å². The molecule has 1 N–H and O–H groups in total. The summed E-state index contributed by atoms with van der Waals surface area (Å²) in [5.74, 6) is 0.596. The minimum atomic E-state index is -3.89. The molecule has 1 aliphatic carbocycles. The lowest BCUT2D eigenvalue weighted by molar-refractivity contribution is 0.195. The molecule has 1 atom stereocenters. The van der Waals surface area contributed by atoms with E-state index in [2.05, 4.69) is 4.98 Å². The van der Waals surface area contributed by atoms with Crippen molar-refractivity contribution in [2.75, 3.05) is 15.7 Å². The van der Waals surface area contributed by atoms with E-state index in [1.165, 1.54) is 16.6 Å². The molecule has 1 aromatic heterocycles. The van der Waals surface area contributed by atoms with Crippen LogP contribution in [0.15, 0.2) is 41.4 Å². The number of hydrogen-bond donors (Lipinski definition) is 1. The molecule has 166 valence electrons. The van der Waals surface area contributed by atoms with E-state index >= 15 is 0 Å².